The lowest BCUT2D eigenvalue weighted by atomic mass is 9.83. The number of benzene rings is 2. The molecule has 2 aliphatic rings. The van der Waals surface area contributed by atoms with Crippen molar-refractivity contribution >= 4 is 17.5 Å². The molecule has 0 spiro atoms. The number of halogens is 2. The summed E-state index contributed by atoms with van der Waals surface area (Å²) in [4.78, 5) is 40.3. The van der Waals surface area contributed by atoms with Gasteiger partial charge in [-0.25, -0.2) is 8.78 Å². The van der Waals surface area contributed by atoms with Crippen molar-refractivity contribution in [2.24, 2.45) is 5.92 Å². The minimum absolute atomic E-state index is 0.00329. The fraction of sp³-hybridized carbons (Fsp3) is 0.240. The highest BCUT2D eigenvalue weighted by Crippen LogP contribution is 2.36. The maximum absolute atomic E-state index is 13.2. The average Bonchev–Trinajstić information content (AvgIpc) is 2.81. The molecule has 1 fully saturated rings. The number of carbonyl (C=O) groups excluding carboxylic acids is 2. The number of piperidine rings is 1. The minimum atomic E-state index is -0.486. The Balaban J connectivity index is 1.36. The van der Waals surface area contributed by atoms with Gasteiger partial charge >= 0.3 is 0 Å². The molecule has 33 heavy (non-hydrogen) atoms. The molecule has 1 aromatic heterocycles. The van der Waals surface area contributed by atoms with Gasteiger partial charge in [0.05, 0.1) is 0 Å². The molecule has 1 N–H and O–H groups in total. The zero-order valence-electron chi connectivity index (χ0n) is 17.6. The van der Waals surface area contributed by atoms with Gasteiger partial charge in [-0.3, -0.25) is 14.4 Å². The van der Waals surface area contributed by atoms with Crippen molar-refractivity contribution in [2.75, 3.05) is 18.4 Å². The van der Waals surface area contributed by atoms with Crippen molar-refractivity contribution in [1.29, 1.82) is 0 Å². The van der Waals surface area contributed by atoms with Crippen LogP contribution in [0.4, 0.5) is 14.5 Å². The highest BCUT2D eigenvalue weighted by molar-refractivity contribution is 6.04. The minimum Gasteiger partial charge on any atom is -0.338 e. The Bertz CT molecular complexity index is 1290. The van der Waals surface area contributed by atoms with E-state index >= 15 is 0 Å². The van der Waals surface area contributed by atoms with Crippen LogP contribution < -0.4 is 10.9 Å². The summed E-state index contributed by atoms with van der Waals surface area (Å²) in [6.07, 6.45) is 0.869. The van der Waals surface area contributed by atoms with Crippen LogP contribution in [0.25, 0.3) is 0 Å². The van der Waals surface area contributed by atoms with E-state index in [1.807, 2.05) is 6.07 Å². The summed E-state index contributed by atoms with van der Waals surface area (Å²) in [5.41, 5.74) is 1.38. The first kappa shape index (κ1) is 21.1. The molecular formula is C25H21F2N3O3. The van der Waals surface area contributed by atoms with Gasteiger partial charge in [0.25, 0.3) is 17.4 Å². The van der Waals surface area contributed by atoms with Crippen molar-refractivity contribution in [2.45, 2.75) is 18.9 Å². The number of fused-ring (bicyclic) bond motifs is 4. The molecule has 168 valence electrons. The third kappa shape index (κ3) is 4.04. The second kappa shape index (κ2) is 8.27. The summed E-state index contributed by atoms with van der Waals surface area (Å²) < 4.78 is 28.0. The molecule has 5 rings (SSSR count). The van der Waals surface area contributed by atoms with Crippen LogP contribution in [0.5, 0.6) is 0 Å². The lowest BCUT2D eigenvalue weighted by molar-refractivity contribution is 0.0594. The maximum atomic E-state index is 13.2. The van der Waals surface area contributed by atoms with Crippen LogP contribution in [0.3, 0.4) is 0 Å². The second-order valence-electron chi connectivity index (χ2n) is 8.56. The summed E-state index contributed by atoms with van der Waals surface area (Å²) in [5.74, 6) is -1.38. The first-order valence-electron chi connectivity index (χ1n) is 10.7. The van der Waals surface area contributed by atoms with E-state index in [9.17, 15) is 23.2 Å². The number of hydrogen-bond donors (Lipinski definition) is 1. The van der Waals surface area contributed by atoms with E-state index in [1.165, 1.54) is 48.5 Å². The number of anilines is 1. The largest absolute Gasteiger partial charge is 0.338 e. The van der Waals surface area contributed by atoms with Gasteiger partial charge < -0.3 is 14.8 Å². The first-order chi connectivity index (χ1) is 15.9. The summed E-state index contributed by atoms with van der Waals surface area (Å²) in [6.45, 7) is 1.41. The zero-order valence-corrected chi connectivity index (χ0v) is 17.6. The van der Waals surface area contributed by atoms with Crippen LogP contribution in [0.1, 0.15) is 38.7 Å². The van der Waals surface area contributed by atoms with E-state index in [0.717, 1.165) is 12.1 Å². The zero-order chi connectivity index (χ0) is 23.1. The van der Waals surface area contributed by atoms with Gasteiger partial charge in [0.15, 0.2) is 0 Å². The van der Waals surface area contributed by atoms with Gasteiger partial charge in [-0.05, 0) is 73.0 Å². The van der Waals surface area contributed by atoms with Crippen LogP contribution in [-0.2, 0) is 6.54 Å². The van der Waals surface area contributed by atoms with E-state index in [2.05, 4.69) is 5.32 Å². The molecule has 6 nitrogen and oxygen atoms in total. The monoisotopic (exact) mass is 449 g/mol. The molecule has 2 amide bonds. The van der Waals surface area contributed by atoms with Crippen molar-refractivity contribution in [3.8, 4) is 0 Å². The third-order valence-corrected chi connectivity index (χ3v) is 6.34. The number of likely N-dealkylation sites (tertiary alicyclic amines) is 1. The Morgan fingerprint density at radius 1 is 0.818 bits per heavy atom. The molecule has 2 aliphatic heterocycles. The SMILES string of the molecule is O=C(Nc1ccc2n(c1=O)C[C@H]1C[C@@H]2CN(C(=O)c2ccc(F)cc2)C1)c1ccc(F)cc1. The van der Waals surface area contributed by atoms with Crippen LogP contribution >= 0.6 is 0 Å². The summed E-state index contributed by atoms with van der Waals surface area (Å²) in [6, 6.07) is 14.0. The topological polar surface area (TPSA) is 71.4 Å². The molecule has 2 aromatic carbocycles. The Labute approximate surface area is 188 Å². The van der Waals surface area contributed by atoms with Crippen LogP contribution in [0, 0.1) is 17.6 Å². The van der Waals surface area contributed by atoms with Crippen molar-refractivity contribution in [3.63, 3.8) is 0 Å². The molecule has 2 bridgehead atoms. The lowest BCUT2D eigenvalue weighted by Gasteiger charge is -2.43. The van der Waals surface area contributed by atoms with Gasteiger partial charge in [0.2, 0.25) is 0 Å². The predicted molar refractivity (Wildman–Crippen MR) is 118 cm³/mol. The van der Waals surface area contributed by atoms with E-state index in [1.54, 1.807) is 15.5 Å². The van der Waals surface area contributed by atoms with Gasteiger partial charge in [0, 0.05) is 42.4 Å². The molecule has 0 saturated carbocycles. The number of pyridine rings is 1. The highest BCUT2D eigenvalue weighted by atomic mass is 19.1. The fourth-order valence-corrected chi connectivity index (χ4v) is 4.78. The molecule has 0 aliphatic carbocycles. The molecule has 0 radical (unpaired) electrons. The summed E-state index contributed by atoms with van der Waals surface area (Å²) in [5, 5.41) is 2.62. The average molecular weight is 449 g/mol. The maximum Gasteiger partial charge on any atom is 0.274 e. The molecule has 3 aromatic rings. The smallest absolute Gasteiger partial charge is 0.274 e. The number of rotatable bonds is 3. The quantitative estimate of drug-likeness (QED) is 0.664. The summed E-state index contributed by atoms with van der Waals surface area (Å²) in [7, 11) is 0. The number of hydrogen-bond acceptors (Lipinski definition) is 3. The van der Waals surface area contributed by atoms with Gasteiger partial charge in [-0.1, -0.05) is 0 Å². The van der Waals surface area contributed by atoms with Crippen molar-refractivity contribution in [1.82, 2.24) is 9.47 Å². The molecule has 3 heterocycles. The number of nitrogens with zero attached hydrogens (tertiary/aromatic N) is 2. The number of amides is 2. The fourth-order valence-electron chi connectivity index (χ4n) is 4.78. The highest BCUT2D eigenvalue weighted by Gasteiger charge is 2.37. The normalized spacial score (nSPS) is 19.0. The number of carbonyl (C=O) groups is 2. The van der Waals surface area contributed by atoms with E-state index < -0.39 is 17.5 Å². The van der Waals surface area contributed by atoms with Crippen LogP contribution in [-0.4, -0.2) is 34.4 Å². The second-order valence-corrected chi connectivity index (χ2v) is 8.56. The van der Waals surface area contributed by atoms with Crippen molar-refractivity contribution < 1.29 is 18.4 Å². The molecule has 0 unspecified atom stereocenters. The predicted octanol–water partition coefficient (Wildman–Crippen LogP) is 3.64. The molecule has 2 atom stereocenters. The van der Waals surface area contributed by atoms with Crippen LogP contribution in [0.15, 0.2) is 65.5 Å². The van der Waals surface area contributed by atoms with E-state index in [-0.39, 0.29) is 34.6 Å². The summed E-state index contributed by atoms with van der Waals surface area (Å²) >= 11 is 0. The lowest BCUT2D eigenvalue weighted by Crippen LogP contribution is -2.49. The molecule has 8 heteroatoms. The van der Waals surface area contributed by atoms with Gasteiger partial charge in [-0.15, -0.1) is 0 Å². The Morgan fingerprint density at radius 2 is 1.45 bits per heavy atom. The van der Waals surface area contributed by atoms with Gasteiger partial charge in [0.1, 0.15) is 17.3 Å². The third-order valence-electron chi connectivity index (χ3n) is 6.34. The number of aromatic nitrogens is 1. The number of nitrogens with one attached hydrogen (secondary N) is 1. The first-order valence-corrected chi connectivity index (χ1v) is 10.7. The standard InChI is InChI=1S/C25H21F2N3O3/c26-19-5-1-16(2-6-19)23(31)28-21-9-10-22-18-11-15(13-30(22)25(21)33)12-29(14-18)24(32)17-3-7-20(27)8-4-17/h1-10,15,18H,11-14H2,(H,28,31)/t15-,18+/m0/s1. The van der Waals surface area contributed by atoms with Gasteiger partial charge in [-0.2, -0.15) is 0 Å². The Hall–Kier alpha value is -3.81. The van der Waals surface area contributed by atoms with Crippen LogP contribution in [0.2, 0.25) is 0 Å². The molecule has 1 saturated heterocycles. The molecular weight excluding hydrogens is 428 g/mol. The van der Waals surface area contributed by atoms with E-state index in [0.29, 0.717) is 25.2 Å². The van der Waals surface area contributed by atoms with E-state index in [4.69, 9.17) is 0 Å². The Morgan fingerprint density at radius 3 is 2.12 bits per heavy atom. The Kier molecular flexibility index (Phi) is 5.28. The van der Waals surface area contributed by atoms with Crippen molar-refractivity contribution in [3.05, 3.63) is 99.5 Å².